The lowest BCUT2D eigenvalue weighted by molar-refractivity contribution is -0.152. The summed E-state index contributed by atoms with van der Waals surface area (Å²) in [5, 5.41) is -0.0285. The third-order valence-electron chi connectivity index (χ3n) is 3.25. The van der Waals surface area contributed by atoms with Gasteiger partial charge >= 0.3 is 5.97 Å². The van der Waals surface area contributed by atoms with Crippen molar-refractivity contribution >= 4 is 45.1 Å². The van der Waals surface area contributed by atoms with Gasteiger partial charge in [-0.1, -0.05) is 39.7 Å². The van der Waals surface area contributed by atoms with Gasteiger partial charge in [-0.05, 0) is 51.1 Å². The van der Waals surface area contributed by atoms with Crippen molar-refractivity contribution in [1.82, 2.24) is 0 Å². The van der Waals surface area contributed by atoms with Crippen LogP contribution in [-0.4, -0.2) is 24.0 Å². The first kappa shape index (κ1) is 20.4. The molecule has 2 rings (SSSR count). The summed E-state index contributed by atoms with van der Waals surface area (Å²) in [6.07, 6.45) is 0. The van der Waals surface area contributed by atoms with Gasteiger partial charge in [0.25, 0.3) is 5.91 Å². The number of anilines is 1. The van der Waals surface area contributed by atoms with E-state index in [1.165, 1.54) is 12.1 Å². The number of rotatable bonds is 4. The third-order valence-corrected chi connectivity index (χ3v) is 4.06. The quantitative estimate of drug-likeness (QED) is 0.609. The molecule has 7 heteroatoms. The Hall–Kier alpha value is -1.92. The summed E-state index contributed by atoms with van der Waals surface area (Å²) in [6, 6.07) is 10.7. The molecule has 0 saturated carbocycles. The summed E-state index contributed by atoms with van der Waals surface area (Å²) in [5.74, 6) is -2.10. The lowest BCUT2D eigenvalue weighted by Crippen LogP contribution is -2.39. The van der Waals surface area contributed by atoms with Crippen LogP contribution in [-0.2, 0) is 9.53 Å². The minimum Gasteiger partial charge on any atom is -0.459 e. The molecular formula is C19H18BrClFNO3. The maximum atomic E-state index is 14.2. The number of ether oxygens (including phenoxy) is 1. The van der Waals surface area contributed by atoms with Crippen LogP contribution in [0.15, 0.2) is 46.9 Å². The highest BCUT2D eigenvalue weighted by Gasteiger charge is 2.27. The lowest BCUT2D eigenvalue weighted by atomic mass is 10.1. The summed E-state index contributed by atoms with van der Waals surface area (Å²) in [7, 11) is 0. The van der Waals surface area contributed by atoms with E-state index in [0.29, 0.717) is 10.2 Å². The predicted octanol–water partition coefficient (Wildman–Crippen LogP) is 5.23. The van der Waals surface area contributed by atoms with E-state index < -0.39 is 23.3 Å². The van der Waals surface area contributed by atoms with Crippen molar-refractivity contribution in [2.24, 2.45) is 0 Å². The van der Waals surface area contributed by atoms with E-state index >= 15 is 0 Å². The van der Waals surface area contributed by atoms with Crippen molar-refractivity contribution < 1.29 is 18.7 Å². The molecule has 26 heavy (non-hydrogen) atoms. The molecule has 0 fully saturated rings. The highest BCUT2D eigenvalue weighted by Crippen LogP contribution is 2.26. The molecule has 0 aliphatic heterocycles. The Morgan fingerprint density at radius 3 is 2.42 bits per heavy atom. The first-order chi connectivity index (χ1) is 12.1. The van der Waals surface area contributed by atoms with Gasteiger partial charge in [-0.25, -0.2) is 4.39 Å². The average molecular weight is 443 g/mol. The first-order valence-corrected chi connectivity index (χ1v) is 8.99. The van der Waals surface area contributed by atoms with Crippen LogP contribution in [0.3, 0.4) is 0 Å². The van der Waals surface area contributed by atoms with Crippen LogP contribution in [0.5, 0.6) is 0 Å². The zero-order chi connectivity index (χ0) is 19.5. The Balaban J connectivity index is 2.43. The van der Waals surface area contributed by atoms with E-state index in [1.54, 1.807) is 45.0 Å². The van der Waals surface area contributed by atoms with Crippen LogP contribution in [0, 0.1) is 5.82 Å². The van der Waals surface area contributed by atoms with Crippen LogP contribution in [0.4, 0.5) is 10.1 Å². The summed E-state index contributed by atoms with van der Waals surface area (Å²) in [5.41, 5.74) is -0.592. The second-order valence-corrected chi connectivity index (χ2v) is 7.88. The van der Waals surface area contributed by atoms with Crippen LogP contribution < -0.4 is 4.90 Å². The van der Waals surface area contributed by atoms with E-state index in [9.17, 15) is 14.0 Å². The van der Waals surface area contributed by atoms with Crippen molar-refractivity contribution in [3.05, 3.63) is 63.3 Å². The Morgan fingerprint density at radius 2 is 1.85 bits per heavy atom. The molecule has 0 heterocycles. The van der Waals surface area contributed by atoms with Crippen LogP contribution in [0.1, 0.15) is 31.1 Å². The van der Waals surface area contributed by atoms with Gasteiger partial charge in [-0.15, -0.1) is 0 Å². The van der Waals surface area contributed by atoms with Crippen LogP contribution in [0.25, 0.3) is 0 Å². The maximum absolute atomic E-state index is 14.2. The number of esters is 1. The molecule has 0 unspecified atom stereocenters. The zero-order valence-corrected chi connectivity index (χ0v) is 16.9. The van der Waals surface area contributed by atoms with E-state index in [-0.39, 0.29) is 17.1 Å². The fraction of sp³-hybridized carbons (Fsp3) is 0.263. The molecule has 2 aromatic rings. The van der Waals surface area contributed by atoms with Gasteiger partial charge in [0.2, 0.25) is 0 Å². The van der Waals surface area contributed by atoms with Crippen molar-refractivity contribution in [1.29, 1.82) is 0 Å². The monoisotopic (exact) mass is 441 g/mol. The molecule has 2 aromatic carbocycles. The van der Waals surface area contributed by atoms with Crippen molar-refractivity contribution in [2.75, 3.05) is 11.4 Å². The van der Waals surface area contributed by atoms with Gasteiger partial charge in [0.15, 0.2) is 0 Å². The summed E-state index contributed by atoms with van der Waals surface area (Å²) >= 11 is 9.34. The fourth-order valence-corrected chi connectivity index (χ4v) is 2.90. The number of halogens is 3. The Bertz CT molecular complexity index is 816. The Morgan fingerprint density at radius 1 is 1.19 bits per heavy atom. The molecule has 0 bridgehead atoms. The summed E-state index contributed by atoms with van der Waals surface area (Å²) in [4.78, 5) is 26.4. The Kier molecular flexibility index (Phi) is 6.42. The van der Waals surface area contributed by atoms with E-state index in [4.69, 9.17) is 16.3 Å². The van der Waals surface area contributed by atoms with E-state index in [0.717, 1.165) is 11.0 Å². The van der Waals surface area contributed by atoms with Crippen LogP contribution in [0.2, 0.25) is 5.02 Å². The molecule has 4 nitrogen and oxygen atoms in total. The van der Waals surface area contributed by atoms with Crippen molar-refractivity contribution in [3.63, 3.8) is 0 Å². The maximum Gasteiger partial charge on any atom is 0.326 e. The molecule has 0 aliphatic rings. The molecule has 0 radical (unpaired) electrons. The molecular weight excluding hydrogens is 425 g/mol. The number of carbonyl (C=O) groups is 2. The molecule has 0 aromatic heterocycles. The summed E-state index contributed by atoms with van der Waals surface area (Å²) < 4.78 is 20.2. The highest BCUT2D eigenvalue weighted by atomic mass is 79.9. The van der Waals surface area contributed by atoms with E-state index in [1.807, 2.05) is 0 Å². The third kappa shape index (κ3) is 5.29. The average Bonchev–Trinajstić information content (AvgIpc) is 2.50. The van der Waals surface area contributed by atoms with E-state index in [2.05, 4.69) is 15.9 Å². The van der Waals surface area contributed by atoms with Gasteiger partial charge in [-0.3, -0.25) is 14.5 Å². The Labute approximate surface area is 165 Å². The minimum absolute atomic E-state index is 0.0285. The largest absolute Gasteiger partial charge is 0.459 e. The van der Waals surface area contributed by atoms with Gasteiger partial charge in [0, 0.05) is 10.2 Å². The molecule has 0 N–H and O–H groups in total. The van der Waals surface area contributed by atoms with Gasteiger partial charge in [0.1, 0.15) is 18.0 Å². The SMILES string of the molecule is CC(C)(C)OC(=O)CN(C(=O)c1c(F)cccc1Cl)c1cccc(Br)c1. The number of hydrogen-bond acceptors (Lipinski definition) is 3. The second-order valence-electron chi connectivity index (χ2n) is 6.55. The van der Waals surface area contributed by atoms with Gasteiger partial charge in [-0.2, -0.15) is 0 Å². The minimum atomic E-state index is -0.758. The van der Waals surface area contributed by atoms with Gasteiger partial charge in [0.05, 0.1) is 10.6 Å². The summed E-state index contributed by atoms with van der Waals surface area (Å²) in [6.45, 7) is 4.80. The lowest BCUT2D eigenvalue weighted by Gasteiger charge is -2.26. The number of nitrogens with zero attached hydrogens (tertiary/aromatic N) is 1. The standard InChI is InChI=1S/C19H18BrClFNO3/c1-19(2,3)26-16(24)11-23(13-7-4-6-12(20)10-13)18(25)17-14(21)8-5-9-15(17)22/h4-10H,11H2,1-3H3. The number of amides is 1. The molecule has 1 amide bonds. The fourth-order valence-electron chi connectivity index (χ4n) is 2.26. The second kappa shape index (κ2) is 8.18. The molecule has 138 valence electrons. The van der Waals surface area contributed by atoms with Crippen LogP contribution >= 0.6 is 27.5 Å². The number of hydrogen-bond donors (Lipinski definition) is 0. The van der Waals surface area contributed by atoms with Gasteiger partial charge < -0.3 is 4.74 Å². The zero-order valence-electron chi connectivity index (χ0n) is 14.6. The number of benzene rings is 2. The molecule has 0 spiro atoms. The normalized spacial score (nSPS) is 11.2. The molecule has 0 atom stereocenters. The predicted molar refractivity (Wildman–Crippen MR) is 103 cm³/mol. The van der Waals surface area contributed by atoms with Crippen molar-refractivity contribution in [3.8, 4) is 0 Å². The highest BCUT2D eigenvalue weighted by molar-refractivity contribution is 9.10. The smallest absolute Gasteiger partial charge is 0.326 e. The molecule has 0 saturated heterocycles. The van der Waals surface area contributed by atoms with Crippen molar-refractivity contribution in [2.45, 2.75) is 26.4 Å². The number of carbonyl (C=O) groups excluding carboxylic acids is 2. The molecule has 0 aliphatic carbocycles. The first-order valence-electron chi connectivity index (χ1n) is 7.82. The topological polar surface area (TPSA) is 46.6 Å².